The Morgan fingerprint density at radius 1 is 1.42 bits per heavy atom. The third-order valence-corrected chi connectivity index (χ3v) is 1.91. The van der Waals surface area contributed by atoms with Gasteiger partial charge in [0.05, 0.1) is 0 Å². The Kier molecular flexibility index (Phi) is 5.34. The Bertz CT molecular complexity index is 166. The van der Waals surface area contributed by atoms with E-state index in [0.717, 1.165) is 6.42 Å². The number of rotatable bonds is 5. The van der Waals surface area contributed by atoms with Crippen LogP contribution < -0.4 is 5.32 Å². The lowest BCUT2D eigenvalue weighted by atomic mass is 10.0. The molecule has 0 aliphatic heterocycles. The van der Waals surface area contributed by atoms with Crippen LogP contribution in [0.15, 0.2) is 0 Å². The molecule has 0 saturated heterocycles. The molecular formula is C9H17NO2. The highest BCUT2D eigenvalue weighted by Crippen LogP contribution is 2.00. The Morgan fingerprint density at radius 2 is 2.00 bits per heavy atom. The first-order valence-electron chi connectivity index (χ1n) is 4.35. The zero-order chi connectivity index (χ0) is 9.56. The van der Waals surface area contributed by atoms with E-state index in [0.29, 0.717) is 13.0 Å². The van der Waals surface area contributed by atoms with Gasteiger partial charge in [-0.05, 0) is 13.3 Å². The molecule has 0 bridgehead atoms. The number of ketones is 1. The summed E-state index contributed by atoms with van der Waals surface area (Å²) in [5, 5.41) is 2.73. The van der Waals surface area contributed by atoms with E-state index in [1.807, 2.05) is 13.8 Å². The molecule has 3 nitrogen and oxygen atoms in total. The fourth-order valence-electron chi connectivity index (χ4n) is 0.756. The highest BCUT2D eigenvalue weighted by Gasteiger charge is 2.06. The lowest BCUT2D eigenvalue weighted by Gasteiger charge is -2.07. The second kappa shape index (κ2) is 5.75. The molecule has 0 fully saturated rings. The number of carbonyl (C=O) groups is 2. The number of hydrogen-bond donors (Lipinski definition) is 1. The van der Waals surface area contributed by atoms with Crippen LogP contribution in [0.25, 0.3) is 0 Å². The van der Waals surface area contributed by atoms with Gasteiger partial charge in [0.1, 0.15) is 5.78 Å². The van der Waals surface area contributed by atoms with E-state index in [-0.39, 0.29) is 17.6 Å². The molecule has 1 unspecified atom stereocenters. The standard InChI is InChI=1S/C9H17NO2/c1-4-9(12)10-6-5-7(2)8(3)11/h7H,4-6H2,1-3H3,(H,10,12). The van der Waals surface area contributed by atoms with Crippen LogP contribution in [0.3, 0.4) is 0 Å². The number of hydrogen-bond acceptors (Lipinski definition) is 2. The summed E-state index contributed by atoms with van der Waals surface area (Å²) < 4.78 is 0. The van der Waals surface area contributed by atoms with Gasteiger partial charge in [-0.1, -0.05) is 13.8 Å². The van der Waals surface area contributed by atoms with E-state index in [9.17, 15) is 9.59 Å². The molecule has 3 heteroatoms. The van der Waals surface area contributed by atoms with Crippen LogP contribution in [0.1, 0.15) is 33.6 Å². The first-order valence-corrected chi connectivity index (χ1v) is 4.35. The summed E-state index contributed by atoms with van der Waals surface area (Å²) in [6.07, 6.45) is 1.25. The van der Waals surface area contributed by atoms with Crippen molar-refractivity contribution >= 4 is 11.7 Å². The number of nitrogens with one attached hydrogen (secondary N) is 1. The minimum absolute atomic E-state index is 0.0470. The van der Waals surface area contributed by atoms with Crippen LogP contribution in [0.2, 0.25) is 0 Å². The molecule has 0 aliphatic carbocycles. The van der Waals surface area contributed by atoms with Gasteiger partial charge in [0.2, 0.25) is 5.91 Å². The first-order chi connectivity index (χ1) is 5.57. The number of Topliss-reactive ketones (excluding diaryl/α,β-unsaturated/α-hetero) is 1. The molecule has 0 heterocycles. The molecule has 1 amide bonds. The van der Waals surface area contributed by atoms with Crippen molar-refractivity contribution in [1.82, 2.24) is 5.32 Å². The summed E-state index contributed by atoms with van der Waals surface area (Å²) in [6, 6.07) is 0. The Balaban J connectivity index is 3.43. The largest absolute Gasteiger partial charge is 0.356 e. The van der Waals surface area contributed by atoms with Crippen LogP contribution >= 0.6 is 0 Å². The van der Waals surface area contributed by atoms with E-state index < -0.39 is 0 Å². The van der Waals surface area contributed by atoms with Crippen LogP contribution in [0, 0.1) is 5.92 Å². The van der Waals surface area contributed by atoms with Gasteiger partial charge in [-0.2, -0.15) is 0 Å². The Morgan fingerprint density at radius 3 is 2.42 bits per heavy atom. The molecule has 12 heavy (non-hydrogen) atoms. The zero-order valence-electron chi connectivity index (χ0n) is 8.02. The van der Waals surface area contributed by atoms with E-state index >= 15 is 0 Å². The van der Waals surface area contributed by atoms with Crippen molar-refractivity contribution in [2.45, 2.75) is 33.6 Å². The fraction of sp³-hybridized carbons (Fsp3) is 0.778. The summed E-state index contributed by atoms with van der Waals surface area (Å²) in [5.41, 5.74) is 0. The maximum atomic E-state index is 10.8. The molecule has 70 valence electrons. The summed E-state index contributed by atoms with van der Waals surface area (Å²) in [5.74, 6) is 0.286. The lowest BCUT2D eigenvalue weighted by Crippen LogP contribution is -2.25. The van der Waals surface area contributed by atoms with E-state index in [2.05, 4.69) is 5.32 Å². The maximum absolute atomic E-state index is 10.8. The molecule has 0 radical (unpaired) electrons. The maximum Gasteiger partial charge on any atom is 0.219 e. The highest BCUT2D eigenvalue weighted by atomic mass is 16.1. The molecule has 0 rings (SSSR count). The number of carbonyl (C=O) groups excluding carboxylic acids is 2. The molecule has 0 aliphatic rings. The Hall–Kier alpha value is -0.860. The smallest absolute Gasteiger partial charge is 0.219 e. The molecule has 0 aromatic heterocycles. The van der Waals surface area contributed by atoms with Gasteiger partial charge in [-0.3, -0.25) is 9.59 Å². The third-order valence-electron chi connectivity index (χ3n) is 1.91. The van der Waals surface area contributed by atoms with Gasteiger partial charge in [0, 0.05) is 18.9 Å². The van der Waals surface area contributed by atoms with Gasteiger partial charge in [-0.15, -0.1) is 0 Å². The van der Waals surface area contributed by atoms with Gasteiger partial charge in [0.25, 0.3) is 0 Å². The van der Waals surface area contributed by atoms with Crippen LogP contribution in [-0.4, -0.2) is 18.2 Å². The van der Waals surface area contributed by atoms with Gasteiger partial charge >= 0.3 is 0 Å². The van der Waals surface area contributed by atoms with Crippen LogP contribution in [0.5, 0.6) is 0 Å². The molecule has 0 saturated carbocycles. The van der Waals surface area contributed by atoms with Gasteiger partial charge < -0.3 is 5.32 Å². The molecular weight excluding hydrogens is 154 g/mol. The van der Waals surface area contributed by atoms with E-state index in [1.165, 1.54) is 0 Å². The lowest BCUT2D eigenvalue weighted by molar-refractivity contribution is -0.122. The quantitative estimate of drug-likeness (QED) is 0.674. The minimum Gasteiger partial charge on any atom is -0.356 e. The molecule has 1 N–H and O–H groups in total. The van der Waals surface area contributed by atoms with Gasteiger partial charge in [-0.25, -0.2) is 0 Å². The van der Waals surface area contributed by atoms with Crippen molar-refractivity contribution in [3.8, 4) is 0 Å². The molecule has 0 aromatic rings. The summed E-state index contributed by atoms with van der Waals surface area (Å²) in [7, 11) is 0. The van der Waals surface area contributed by atoms with E-state index in [1.54, 1.807) is 6.92 Å². The minimum atomic E-state index is 0.0470. The second-order valence-electron chi connectivity index (χ2n) is 3.00. The topological polar surface area (TPSA) is 46.2 Å². The molecule has 1 atom stereocenters. The van der Waals surface area contributed by atoms with Crippen molar-refractivity contribution in [2.24, 2.45) is 5.92 Å². The van der Waals surface area contributed by atoms with E-state index in [4.69, 9.17) is 0 Å². The molecule has 0 spiro atoms. The highest BCUT2D eigenvalue weighted by molar-refractivity contribution is 5.78. The molecule has 0 aromatic carbocycles. The average molecular weight is 171 g/mol. The average Bonchev–Trinajstić information content (AvgIpc) is 2.03. The summed E-state index contributed by atoms with van der Waals surface area (Å²) in [6.45, 7) is 5.86. The zero-order valence-corrected chi connectivity index (χ0v) is 8.02. The second-order valence-corrected chi connectivity index (χ2v) is 3.00. The summed E-state index contributed by atoms with van der Waals surface area (Å²) >= 11 is 0. The Labute approximate surface area is 73.5 Å². The normalized spacial score (nSPS) is 12.2. The van der Waals surface area contributed by atoms with Crippen molar-refractivity contribution in [3.05, 3.63) is 0 Å². The number of amides is 1. The van der Waals surface area contributed by atoms with Crippen molar-refractivity contribution in [3.63, 3.8) is 0 Å². The predicted molar refractivity (Wildman–Crippen MR) is 47.8 cm³/mol. The third kappa shape index (κ3) is 4.88. The fourth-order valence-corrected chi connectivity index (χ4v) is 0.756. The van der Waals surface area contributed by atoms with Gasteiger partial charge in [0.15, 0.2) is 0 Å². The van der Waals surface area contributed by atoms with Crippen molar-refractivity contribution in [2.75, 3.05) is 6.54 Å². The first kappa shape index (κ1) is 11.1. The van der Waals surface area contributed by atoms with Crippen molar-refractivity contribution < 1.29 is 9.59 Å². The monoisotopic (exact) mass is 171 g/mol. The SMILES string of the molecule is CCC(=O)NCCC(C)C(C)=O. The van der Waals surface area contributed by atoms with Crippen LogP contribution in [-0.2, 0) is 9.59 Å². The summed E-state index contributed by atoms with van der Waals surface area (Å²) in [4.78, 5) is 21.5. The van der Waals surface area contributed by atoms with Crippen LogP contribution in [0.4, 0.5) is 0 Å². The van der Waals surface area contributed by atoms with Crippen molar-refractivity contribution in [1.29, 1.82) is 0 Å². The predicted octanol–water partition coefficient (Wildman–Crippen LogP) is 1.13.